The van der Waals surface area contributed by atoms with Crippen LogP contribution in [-0.2, 0) is 16.6 Å². The summed E-state index contributed by atoms with van der Waals surface area (Å²) in [5.74, 6) is 0. The zero-order valence-corrected chi connectivity index (χ0v) is 13.1. The van der Waals surface area contributed by atoms with Crippen LogP contribution in [0, 0.1) is 0 Å². The number of rotatable bonds is 6. The van der Waals surface area contributed by atoms with Crippen LogP contribution in [0.3, 0.4) is 0 Å². The average molecular weight is 284 g/mol. The van der Waals surface area contributed by atoms with E-state index < -0.39 is 0 Å². The molecular weight excluding hydrogens is 260 g/mol. The van der Waals surface area contributed by atoms with E-state index in [2.05, 4.69) is 61.6 Å². The molecule has 0 fully saturated rings. The molecule has 1 atom stereocenters. The number of ether oxygens (including phenoxy) is 1. The monoisotopic (exact) mass is 284 g/mol. The van der Waals surface area contributed by atoms with E-state index in [9.17, 15) is 0 Å². The van der Waals surface area contributed by atoms with Crippen LogP contribution >= 0.6 is 0 Å². The summed E-state index contributed by atoms with van der Waals surface area (Å²) in [5, 5.41) is 0. The molecule has 2 rings (SSSR count). The number of nitrogens with zero attached hydrogens (tertiary/aromatic N) is 1. The van der Waals surface area contributed by atoms with Gasteiger partial charge in [-0.25, -0.2) is 4.98 Å². The minimum absolute atomic E-state index is 0.0115. The standard InChI is InChI=1S/C18H24N2O/c1-5-10-21-17(11-16-12-19-13-20-16)14-6-8-15(9-7-14)18(2,3)4/h5-9,12-13,17H,1,10-11H2,2-4H3,(H,19,20)/t17-/m0/s1. The molecule has 1 heterocycles. The first-order valence-corrected chi connectivity index (χ1v) is 7.31. The van der Waals surface area contributed by atoms with Gasteiger partial charge < -0.3 is 9.72 Å². The smallest absolute Gasteiger partial charge is 0.0921 e. The summed E-state index contributed by atoms with van der Waals surface area (Å²) in [6.45, 7) is 10.9. The van der Waals surface area contributed by atoms with Crippen LogP contribution in [0.5, 0.6) is 0 Å². The van der Waals surface area contributed by atoms with Crippen LogP contribution < -0.4 is 0 Å². The van der Waals surface area contributed by atoms with Gasteiger partial charge in [0.1, 0.15) is 0 Å². The lowest BCUT2D eigenvalue weighted by atomic mass is 9.86. The third-order valence-corrected chi connectivity index (χ3v) is 3.52. The van der Waals surface area contributed by atoms with E-state index in [-0.39, 0.29) is 11.5 Å². The number of hydrogen-bond acceptors (Lipinski definition) is 2. The highest BCUT2D eigenvalue weighted by molar-refractivity contribution is 5.29. The number of aromatic nitrogens is 2. The van der Waals surface area contributed by atoms with Gasteiger partial charge in [0.25, 0.3) is 0 Å². The van der Waals surface area contributed by atoms with Gasteiger partial charge >= 0.3 is 0 Å². The van der Waals surface area contributed by atoms with Gasteiger partial charge in [0.05, 0.1) is 19.0 Å². The Morgan fingerprint density at radius 3 is 2.52 bits per heavy atom. The van der Waals surface area contributed by atoms with Crippen molar-refractivity contribution in [3.8, 4) is 0 Å². The van der Waals surface area contributed by atoms with Gasteiger partial charge in [-0.1, -0.05) is 51.1 Å². The molecule has 0 amide bonds. The van der Waals surface area contributed by atoms with Gasteiger partial charge in [0, 0.05) is 18.3 Å². The minimum atomic E-state index is 0.0115. The summed E-state index contributed by atoms with van der Waals surface area (Å²) in [6.07, 6.45) is 6.11. The Labute approximate surface area is 127 Å². The van der Waals surface area contributed by atoms with E-state index in [1.165, 1.54) is 11.1 Å². The highest BCUT2D eigenvalue weighted by atomic mass is 16.5. The second kappa shape index (κ2) is 6.72. The molecule has 0 aliphatic carbocycles. The Bertz CT molecular complexity index is 550. The van der Waals surface area contributed by atoms with E-state index in [0.717, 1.165) is 12.1 Å². The number of nitrogens with one attached hydrogen (secondary N) is 1. The molecule has 1 aromatic carbocycles. The van der Waals surface area contributed by atoms with E-state index in [0.29, 0.717) is 6.61 Å². The zero-order valence-electron chi connectivity index (χ0n) is 13.1. The number of imidazole rings is 1. The zero-order chi connectivity index (χ0) is 15.3. The van der Waals surface area contributed by atoms with Crippen LogP contribution in [0.15, 0.2) is 49.4 Å². The normalized spacial score (nSPS) is 13.1. The fourth-order valence-electron chi connectivity index (χ4n) is 2.25. The molecule has 21 heavy (non-hydrogen) atoms. The molecule has 2 aromatic rings. The summed E-state index contributed by atoms with van der Waals surface area (Å²) in [5.41, 5.74) is 3.75. The molecule has 3 heteroatoms. The molecule has 0 bridgehead atoms. The van der Waals surface area contributed by atoms with Gasteiger partial charge in [-0.15, -0.1) is 6.58 Å². The third-order valence-electron chi connectivity index (χ3n) is 3.52. The summed E-state index contributed by atoms with van der Waals surface area (Å²) in [7, 11) is 0. The van der Waals surface area contributed by atoms with Gasteiger partial charge in [0.15, 0.2) is 0 Å². The Morgan fingerprint density at radius 1 is 1.29 bits per heavy atom. The van der Waals surface area contributed by atoms with Gasteiger partial charge in [-0.05, 0) is 16.5 Å². The molecule has 0 radical (unpaired) electrons. The van der Waals surface area contributed by atoms with Gasteiger partial charge in [-0.3, -0.25) is 0 Å². The summed E-state index contributed by atoms with van der Waals surface area (Å²) < 4.78 is 5.91. The van der Waals surface area contributed by atoms with E-state index in [1.807, 2.05) is 6.20 Å². The molecule has 3 nitrogen and oxygen atoms in total. The van der Waals surface area contributed by atoms with E-state index >= 15 is 0 Å². The van der Waals surface area contributed by atoms with Crippen molar-refractivity contribution in [3.63, 3.8) is 0 Å². The molecule has 1 N–H and O–H groups in total. The first-order valence-electron chi connectivity index (χ1n) is 7.31. The number of H-pyrrole nitrogens is 1. The summed E-state index contributed by atoms with van der Waals surface area (Å²) in [4.78, 5) is 7.20. The van der Waals surface area contributed by atoms with Crippen molar-refractivity contribution in [1.29, 1.82) is 0 Å². The first kappa shape index (κ1) is 15.5. The van der Waals surface area contributed by atoms with Crippen molar-refractivity contribution >= 4 is 0 Å². The van der Waals surface area contributed by atoms with Crippen LogP contribution in [0.4, 0.5) is 0 Å². The molecule has 112 valence electrons. The molecule has 0 spiro atoms. The topological polar surface area (TPSA) is 37.9 Å². The maximum Gasteiger partial charge on any atom is 0.0921 e. The van der Waals surface area contributed by atoms with Crippen LogP contribution in [0.1, 0.15) is 43.7 Å². The van der Waals surface area contributed by atoms with Gasteiger partial charge in [0.2, 0.25) is 0 Å². The van der Waals surface area contributed by atoms with Crippen LogP contribution in [-0.4, -0.2) is 16.6 Å². The number of hydrogen-bond donors (Lipinski definition) is 1. The lowest BCUT2D eigenvalue weighted by Gasteiger charge is -2.21. The van der Waals surface area contributed by atoms with Crippen molar-refractivity contribution in [3.05, 3.63) is 66.3 Å². The van der Waals surface area contributed by atoms with Crippen molar-refractivity contribution in [1.82, 2.24) is 9.97 Å². The Hall–Kier alpha value is -1.87. The SMILES string of the molecule is C=CCO[C@@H](Cc1cnc[nH]1)c1ccc(C(C)(C)C)cc1. The second-order valence-corrected chi connectivity index (χ2v) is 6.26. The average Bonchev–Trinajstić information content (AvgIpc) is 2.95. The van der Waals surface area contributed by atoms with Crippen LogP contribution in [0.2, 0.25) is 0 Å². The van der Waals surface area contributed by atoms with Crippen molar-refractivity contribution < 1.29 is 4.74 Å². The first-order chi connectivity index (χ1) is 10.0. The molecule has 0 unspecified atom stereocenters. The molecule has 0 saturated carbocycles. The lowest BCUT2D eigenvalue weighted by molar-refractivity contribution is 0.0738. The summed E-state index contributed by atoms with van der Waals surface area (Å²) in [6, 6.07) is 8.69. The molecule has 0 aliphatic heterocycles. The molecule has 1 aromatic heterocycles. The van der Waals surface area contributed by atoms with Crippen molar-refractivity contribution in [2.75, 3.05) is 6.61 Å². The predicted octanol–water partition coefficient (Wildman–Crippen LogP) is 4.19. The minimum Gasteiger partial charge on any atom is -0.369 e. The highest BCUT2D eigenvalue weighted by Crippen LogP contribution is 2.26. The highest BCUT2D eigenvalue weighted by Gasteiger charge is 2.17. The maximum atomic E-state index is 5.91. The fraction of sp³-hybridized carbons (Fsp3) is 0.389. The summed E-state index contributed by atoms with van der Waals surface area (Å²) >= 11 is 0. The lowest BCUT2D eigenvalue weighted by Crippen LogP contribution is -2.12. The fourth-order valence-corrected chi connectivity index (χ4v) is 2.25. The number of aromatic amines is 1. The largest absolute Gasteiger partial charge is 0.369 e. The van der Waals surface area contributed by atoms with Crippen molar-refractivity contribution in [2.24, 2.45) is 0 Å². The predicted molar refractivity (Wildman–Crippen MR) is 86.3 cm³/mol. The van der Waals surface area contributed by atoms with E-state index in [4.69, 9.17) is 4.74 Å². The Kier molecular flexibility index (Phi) is 4.97. The second-order valence-electron chi connectivity index (χ2n) is 6.26. The third kappa shape index (κ3) is 4.30. The Balaban J connectivity index is 2.17. The maximum absolute atomic E-state index is 5.91. The number of benzene rings is 1. The van der Waals surface area contributed by atoms with Crippen LogP contribution in [0.25, 0.3) is 0 Å². The molecule has 0 saturated heterocycles. The molecule has 0 aliphatic rings. The quantitative estimate of drug-likeness (QED) is 0.808. The Morgan fingerprint density at radius 2 is 2.00 bits per heavy atom. The molecular formula is C18H24N2O. The van der Waals surface area contributed by atoms with Gasteiger partial charge in [-0.2, -0.15) is 0 Å². The van der Waals surface area contributed by atoms with E-state index in [1.54, 1.807) is 12.4 Å². The van der Waals surface area contributed by atoms with Crippen molar-refractivity contribution in [2.45, 2.75) is 38.7 Å².